The molecule has 0 radical (unpaired) electrons. The van der Waals surface area contributed by atoms with Gasteiger partial charge in [-0.15, -0.1) is 24.8 Å². The molecular formula is C55H72Cl2Zr. The van der Waals surface area contributed by atoms with E-state index in [0.29, 0.717) is 5.92 Å². The van der Waals surface area contributed by atoms with E-state index in [0.717, 1.165) is 32.1 Å². The van der Waals surface area contributed by atoms with Crippen molar-refractivity contribution in [1.82, 2.24) is 0 Å². The van der Waals surface area contributed by atoms with Gasteiger partial charge in [0.1, 0.15) is 0 Å². The second kappa shape index (κ2) is 15.6. The summed E-state index contributed by atoms with van der Waals surface area (Å²) in [5.74, 6) is 0.438. The molecule has 3 atom stereocenters. The zero-order chi connectivity index (χ0) is 40.0. The first kappa shape index (κ1) is 45.2. The van der Waals surface area contributed by atoms with Gasteiger partial charge in [0.2, 0.25) is 0 Å². The van der Waals surface area contributed by atoms with Crippen LogP contribution in [0.5, 0.6) is 0 Å². The predicted octanol–water partition coefficient (Wildman–Crippen LogP) is 14.7. The molecule has 1 saturated carbocycles. The van der Waals surface area contributed by atoms with E-state index in [4.69, 9.17) is 4.21 Å². The molecule has 5 aliphatic rings. The second-order valence-corrected chi connectivity index (χ2v) is 34.7. The number of hydrogen-bond acceptors (Lipinski definition) is 0. The number of aryl methyl sites for hydroxylation is 2. The van der Waals surface area contributed by atoms with Gasteiger partial charge >= 0.3 is 344 Å². The van der Waals surface area contributed by atoms with Gasteiger partial charge in [-0.3, -0.25) is 0 Å². The van der Waals surface area contributed by atoms with Crippen LogP contribution in [0, 0.1) is 27.6 Å². The van der Waals surface area contributed by atoms with Crippen LogP contribution in [0.15, 0.2) is 123 Å². The van der Waals surface area contributed by atoms with Crippen LogP contribution in [0.4, 0.5) is 0 Å². The Morgan fingerprint density at radius 3 is 1.79 bits per heavy atom. The average molecular weight is 895 g/mol. The van der Waals surface area contributed by atoms with Gasteiger partial charge in [0.15, 0.2) is 0 Å². The topological polar surface area (TPSA) is 0 Å². The van der Waals surface area contributed by atoms with Crippen LogP contribution in [0.1, 0.15) is 136 Å². The zero-order valence-corrected chi connectivity index (χ0v) is 41.6. The number of halogens is 2. The first-order chi connectivity index (χ1) is 26.6. The van der Waals surface area contributed by atoms with Gasteiger partial charge in [0.05, 0.1) is 0 Å². The summed E-state index contributed by atoms with van der Waals surface area (Å²) in [6, 6.07) is 29.9. The molecule has 0 amide bonds. The van der Waals surface area contributed by atoms with Crippen LogP contribution in [0.3, 0.4) is 0 Å². The van der Waals surface area contributed by atoms with Crippen LogP contribution < -0.4 is 6.54 Å². The number of unbranched alkanes of at least 4 members (excludes halogenated alkanes) is 2. The van der Waals surface area contributed by atoms with Crippen LogP contribution in [-0.4, -0.2) is 4.21 Å². The van der Waals surface area contributed by atoms with Gasteiger partial charge in [-0.05, 0) is 0 Å². The van der Waals surface area contributed by atoms with Gasteiger partial charge in [-0.1, -0.05) is 0 Å². The van der Waals surface area contributed by atoms with Gasteiger partial charge in [0.25, 0.3) is 0 Å². The molecule has 3 heteroatoms. The standard InChI is InChI=1S/C29H37.2C10H13.C5H5.CH2.2ClH.Zr/c1-18-25-22-17-19-13-9-10-14-20(19)24(22)21-15-11-12-16-23(21)29(25,8)28(6,7)27(4,5)26(18,2)3;2*1-2-3-7-10-8-5-4-6-9-10;1-2-4-5-3-1;;;;/h9-11,13-15,23H,12,16-17H2,1-8H3;2*5-6,8-9H,2-3,7H2,1H3;1-3H,4H2;1H2;2*1H;. The molecule has 8 rings (SSSR count). The summed E-state index contributed by atoms with van der Waals surface area (Å²) in [6.45, 7) is 26.3. The molecule has 0 N–H and O–H groups in total. The van der Waals surface area contributed by atoms with Gasteiger partial charge in [-0.25, -0.2) is 0 Å². The summed E-state index contributed by atoms with van der Waals surface area (Å²) < 4.78 is 10.7. The summed E-state index contributed by atoms with van der Waals surface area (Å²) in [5.41, 5.74) is 12.2. The fraction of sp³-hybridized carbons (Fsp3) is 0.473. The molecule has 5 aliphatic carbocycles. The molecule has 0 heterocycles. The maximum atomic E-state index is 6.24. The van der Waals surface area contributed by atoms with E-state index in [1.54, 1.807) is 32.1 Å². The predicted molar refractivity (Wildman–Crippen MR) is 257 cm³/mol. The van der Waals surface area contributed by atoms with E-state index < -0.39 is 18.3 Å². The van der Waals surface area contributed by atoms with Crippen molar-refractivity contribution < 1.29 is 18.3 Å². The summed E-state index contributed by atoms with van der Waals surface area (Å²) >= 11 is -5.22. The first-order valence-electron chi connectivity index (χ1n) is 22.4. The van der Waals surface area contributed by atoms with Crippen molar-refractivity contribution in [3.63, 3.8) is 0 Å². The number of benzene rings is 3. The van der Waals surface area contributed by atoms with Crippen molar-refractivity contribution >= 4 is 41.1 Å². The van der Waals surface area contributed by atoms with Crippen molar-refractivity contribution in [2.75, 3.05) is 0 Å². The number of rotatable bonds is 10. The summed E-state index contributed by atoms with van der Waals surface area (Å²) in [6.07, 6.45) is 24.0. The molecule has 3 unspecified atom stereocenters. The van der Waals surface area contributed by atoms with Gasteiger partial charge < -0.3 is 0 Å². The van der Waals surface area contributed by atoms with E-state index in [-0.39, 0.29) is 49.6 Å². The molecule has 0 bridgehead atoms. The van der Waals surface area contributed by atoms with E-state index in [1.807, 2.05) is 0 Å². The minimum atomic E-state index is -5.22. The van der Waals surface area contributed by atoms with E-state index >= 15 is 0 Å². The molecule has 0 spiro atoms. The Kier molecular flexibility index (Phi) is 12.1. The van der Waals surface area contributed by atoms with Crippen molar-refractivity contribution in [3.05, 3.63) is 145 Å². The van der Waals surface area contributed by atoms with Crippen molar-refractivity contribution in [3.8, 4) is 0 Å². The third-order valence-corrected chi connectivity index (χ3v) is 38.5. The normalized spacial score (nSPS) is 26.2. The average Bonchev–Trinajstić information content (AvgIpc) is 3.88. The Balaban J connectivity index is 0.00000283. The molecule has 0 saturated heterocycles. The Bertz CT molecular complexity index is 2230. The van der Waals surface area contributed by atoms with Crippen LogP contribution in [0.25, 0.3) is 5.57 Å². The van der Waals surface area contributed by atoms with Crippen molar-refractivity contribution in [1.29, 1.82) is 0 Å². The Hall–Kier alpha value is -2.31. The molecule has 3 aromatic rings. The summed E-state index contributed by atoms with van der Waals surface area (Å²) in [4.78, 5) is 0. The molecule has 58 heavy (non-hydrogen) atoms. The van der Waals surface area contributed by atoms with E-state index in [2.05, 4.69) is 172 Å². The molecule has 0 aromatic heterocycles. The van der Waals surface area contributed by atoms with Crippen molar-refractivity contribution in [2.24, 2.45) is 27.6 Å². The molecule has 0 aliphatic heterocycles. The molecular weight excluding hydrogens is 823 g/mol. The van der Waals surface area contributed by atoms with Crippen LogP contribution in [-0.2, 0) is 37.6 Å². The zero-order valence-electron chi connectivity index (χ0n) is 37.5. The Labute approximate surface area is 366 Å². The Morgan fingerprint density at radius 2 is 1.26 bits per heavy atom. The van der Waals surface area contributed by atoms with Crippen LogP contribution in [0.2, 0.25) is 3.12 Å². The SMILES string of the molecule is Cl.Cl.[CH2]=[Zr]([C]1=CC=CC1)([c]1ccc(CCCC)cc1)([c]1ccc(CCCC)cc1)[C]1(C)C2=C3Cc4ccccc4C3=C3C=CCCC3C2(C)C(C)(C)C(C)(C)C1(C)C. The minimum absolute atomic E-state index is 0. The fourth-order valence-corrected chi connectivity index (χ4v) is 34.6. The molecule has 0 nitrogen and oxygen atoms in total. The van der Waals surface area contributed by atoms with Gasteiger partial charge in [0, 0.05) is 0 Å². The Morgan fingerprint density at radius 1 is 0.690 bits per heavy atom. The monoisotopic (exact) mass is 892 g/mol. The number of fused-ring (bicyclic) bond motifs is 6. The molecule has 1 fully saturated rings. The number of hydrogen-bond donors (Lipinski definition) is 0. The molecule has 3 aromatic carbocycles. The van der Waals surface area contributed by atoms with Crippen molar-refractivity contribution in [2.45, 2.75) is 137 Å². The number of allylic oxidation sites excluding steroid dienone is 10. The van der Waals surface area contributed by atoms with Crippen LogP contribution >= 0.6 is 24.8 Å². The van der Waals surface area contributed by atoms with E-state index in [9.17, 15) is 0 Å². The summed E-state index contributed by atoms with van der Waals surface area (Å²) in [5, 5.41) is 0. The maximum absolute atomic E-state index is 6.24. The van der Waals surface area contributed by atoms with Gasteiger partial charge in [-0.2, -0.15) is 0 Å². The first-order valence-corrected chi connectivity index (χ1v) is 29.0. The third-order valence-electron chi connectivity index (χ3n) is 18.6. The van der Waals surface area contributed by atoms with E-state index in [1.165, 1.54) is 54.4 Å². The summed E-state index contributed by atoms with van der Waals surface area (Å²) in [7, 11) is 0. The quantitative estimate of drug-likeness (QED) is 0.190. The third kappa shape index (κ3) is 5.50. The molecule has 310 valence electrons. The fourth-order valence-electron chi connectivity index (χ4n) is 14.0. The second-order valence-electron chi connectivity index (χ2n) is 20.6.